The van der Waals surface area contributed by atoms with Gasteiger partial charge < -0.3 is 14.5 Å². The van der Waals surface area contributed by atoms with Gasteiger partial charge in [0.1, 0.15) is 18.4 Å². The molecule has 9 heteroatoms. The minimum atomic E-state index is -0.243. The van der Waals surface area contributed by atoms with Crippen molar-refractivity contribution in [3.05, 3.63) is 63.7 Å². The van der Waals surface area contributed by atoms with E-state index in [0.29, 0.717) is 41.8 Å². The number of carbonyl (C=O) groups is 1. The minimum Gasteiger partial charge on any atom is -0.457 e. The van der Waals surface area contributed by atoms with Gasteiger partial charge in [-0.2, -0.15) is 5.26 Å². The fourth-order valence-corrected chi connectivity index (χ4v) is 4.31. The van der Waals surface area contributed by atoms with E-state index in [0.717, 1.165) is 36.3 Å². The average Bonchev–Trinajstić information content (AvgIpc) is 3.41. The summed E-state index contributed by atoms with van der Waals surface area (Å²) in [6.45, 7) is 7.24. The number of esters is 1. The Bertz CT molecular complexity index is 1250. The molecule has 32 heavy (non-hydrogen) atoms. The molecule has 162 valence electrons. The number of aromatic nitrogens is 3. The lowest BCUT2D eigenvalue weighted by atomic mass is 9.93. The summed E-state index contributed by atoms with van der Waals surface area (Å²) in [5.74, 6) is 0.625. The number of hydrogen-bond donors (Lipinski definition) is 1. The number of benzene rings is 1. The van der Waals surface area contributed by atoms with Gasteiger partial charge in [0.2, 0.25) is 5.89 Å². The van der Waals surface area contributed by atoms with Gasteiger partial charge in [-0.3, -0.25) is 4.90 Å². The molecule has 1 N–H and O–H groups in total. The Labute approximate surface area is 185 Å². The van der Waals surface area contributed by atoms with E-state index in [2.05, 4.69) is 31.5 Å². The fourth-order valence-electron chi connectivity index (χ4n) is 4.31. The van der Waals surface area contributed by atoms with Crippen LogP contribution >= 0.6 is 0 Å². The highest BCUT2D eigenvalue weighted by atomic mass is 16.5. The van der Waals surface area contributed by atoms with Crippen LogP contribution < -0.4 is 5.32 Å². The van der Waals surface area contributed by atoms with Crippen LogP contribution in [0.25, 0.3) is 11.6 Å². The number of fused-ring (bicyclic) bond motifs is 1. The molecule has 1 aromatic carbocycles. The van der Waals surface area contributed by atoms with Crippen molar-refractivity contribution in [1.82, 2.24) is 25.4 Å². The van der Waals surface area contributed by atoms with Gasteiger partial charge in [0.05, 0.1) is 17.7 Å². The molecule has 4 heterocycles. The third-order valence-corrected chi connectivity index (χ3v) is 6.12. The Morgan fingerprint density at radius 3 is 3.00 bits per heavy atom. The van der Waals surface area contributed by atoms with Crippen molar-refractivity contribution in [2.24, 2.45) is 0 Å². The lowest BCUT2D eigenvalue weighted by Gasteiger charge is -2.34. The molecular weight excluding hydrogens is 408 g/mol. The van der Waals surface area contributed by atoms with Gasteiger partial charge in [-0.15, -0.1) is 10.2 Å². The average molecular weight is 430 g/mol. The van der Waals surface area contributed by atoms with Crippen molar-refractivity contribution in [3.63, 3.8) is 0 Å². The van der Waals surface area contributed by atoms with E-state index >= 15 is 0 Å². The van der Waals surface area contributed by atoms with Crippen LogP contribution in [-0.4, -0.2) is 45.7 Å². The zero-order chi connectivity index (χ0) is 22.2. The number of pyridine rings is 1. The summed E-state index contributed by atoms with van der Waals surface area (Å²) < 4.78 is 11.0. The van der Waals surface area contributed by atoms with E-state index in [4.69, 9.17) is 14.4 Å². The van der Waals surface area contributed by atoms with Crippen LogP contribution in [0.4, 0.5) is 0 Å². The van der Waals surface area contributed by atoms with Crippen molar-refractivity contribution < 1.29 is 13.9 Å². The highest BCUT2D eigenvalue weighted by molar-refractivity contribution is 5.94. The second-order valence-corrected chi connectivity index (χ2v) is 8.12. The third-order valence-electron chi connectivity index (χ3n) is 6.12. The highest BCUT2D eigenvalue weighted by Crippen LogP contribution is 2.30. The van der Waals surface area contributed by atoms with Gasteiger partial charge in [0, 0.05) is 37.4 Å². The van der Waals surface area contributed by atoms with Gasteiger partial charge in [0.25, 0.3) is 5.89 Å². The number of ether oxygens (including phenoxy) is 1. The van der Waals surface area contributed by atoms with E-state index in [9.17, 15) is 4.79 Å². The summed E-state index contributed by atoms with van der Waals surface area (Å²) in [5, 5.41) is 21.0. The molecule has 5 rings (SSSR count). The Hall–Kier alpha value is -3.61. The molecule has 2 aliphatic rings. The van der Waals surface area contributed by atoms with Gasteiger partial charge in [-0.1, -0.05) is 6.07 Å². The first-order valence-electron chi connectivity index (χ1n) is 10.5. The molecule has 2 aromatic heterocycles. The predicted octanol–water partition coefficient (Wildman–Crippen LogP) is 2.44. The predicted molar refractivity (Wildman–Crippen MR) is 113 cm³/mol. The van der Waals surface area contributed by atoms with Crippen LogP contribution in [-0.2, 0) is 17.9 Å². The first-order valence-corrected chi connectivity index (χ1v) is 10.5. The summed E-state index contributed by atoms with van der Waals surface area (Å²) in [7, 11) is 0. The molecule has 0 spiro atoms. The molecule has 0 radical (unpaired) electrons. The van der Waals surface area contributed by atoms with E-state index in [1.807, 2.05) is 26.0 Å². The topological polar surface area (TPSA) is 117 Å². The second kappa shape index (κ2) is 8.15. The van der Waals surface area contributed by atoms with Crippen LogP contribution in [0.2, 0.25) is 0 Å². The van der Waals surface area contributed by atoms with Gasteiger partial charge in [-0.25, -0.2) is 9.78 Å². The Morgan fingerprint density at radius 1 is 1.31 bits per heavy atom. The zero-order valence-electron chi connectivity index (χ0n) is 17.9. The summed E-state index contributed by atoms with van der Waals surface area (Å²) in [5.41, 5.74) is 5.84. The van der Waals surface area contributed by atoms with Crippen LogP contribution in [0, 0.1) is 25.2 Å². The lowest BCUT2D eigenvalue weighted by molar-refractivity contribution is 0.0535. The molecule has 9 nitrogen and oxygen atoms in total. The Balaban J connectivity index is 1.30. The van der Waals surface area contributed by atoms with E-state index in [1.54, 1.807) is 6.07 Å². The number of nitrogens with one attached hydrogen (secondary N) is 1. The smallest absolute Gasteiger partial charge is 0.338 e. The maximum Gasteiger partial charge on any atom is 0.338 e. The maximum absolute atomic E-state index is 11.8. The zero-order valence-corrected chi connectivity index (χ0v) is 17.9. The summed E-state index contributed by atoms with van der Waals surface area (Å²) in [4.78, 5) is 18.4. The van der Waals surface area contributed by atoms with E-state index in [1.165, 1.54) is 11.8 Å². The number of aryl methyl sites for hydroxylation is 1. The molecule has 0 saturated carbocycles. The minimum absolute atomic E-state index is 0.134. The van der Waals surface area contributed by atoms with Crippen molar-refractivity contribution in [2.75, 3.05) is 19.6 Å². The molecule has 0 bridgehead atoms. The summed E-state index contributed by atoms with van der Waals surface area (Å²) >= 11 is 0. The standard InChI is InChI=1S/C23H22N6O3/c1-13-7-19(26-9-15(13)8-24)22-28-27-21(32-22)11-29-6-5-25-20(10-29)16-3-4-17-18(14(16)2)12-31-23(17)30/h3-4,7,9,20,25H,5-6,10-12H2,1-2H3/t20-/m0/s1. The monoisotopic (exact) mass is 430 g/mol. The maximum atomic E-state index is 11.8. The number of piperazine rings is 1. The van der Waals surface area contributed by atoms with Crippen LogP contribution in [0.15, 0.2) is 28.8 Å². The number of hydrogen-bond acceptors (Lipinski definition) is 9. The summed E-state index contributed by atoms with van der Waals surface area (Å²) in [6, 6.07) is 7.90. The second-order valence-electron chi connectivity index (χ2n) is 8.12. The quantitative estimate of drug-likeness (QED) is 0.623. The Morgan fingerprint density at radius 2 is 2.19 bits per heavy atom. The van der Waals surface area contributed by atoms with Crippen molar-refractivity contribution >= 4 is 5.97 Å². The van der Waals surface area contributed by atoms with Gasteiger partial charge in [-0.05, 0) is 42.7 Å². The van der Waals surface area contributed by atoms with E-state index < -0.39 is 0 Å². The molecular formula is C23H22N6O3. The van der Waals surface area contributed by atoms with Gasteiger partial charge >= 0.3 is 5.97 Å². The summed E-state index contributed by atoms with van der Waals surface area (Å²) in [6.07, 6.45) is 1.52. The first-order chi connectivity index (χ1) is 15.5. The lowest BCUT2D eigenvalue weighted by Crippen LogP contribution is -2.45. The third kappa shape index (κ3) is 3.64. The van der Waals surface area contributed by atoms with E-state index in [-0.39, 0.29) is 12.0 Å². The molecule has 1 fully saturated rings. The largest absolute Gasteiger partial charge is 0.457 e. The van der Waals surface area contributed by atoms with Crippen LogP contribution in [0.1, 0.15) is 50.1 Å². The normalized spacial score (nSPS) is 18.3. The number of rotatable bonds is 4. The van der Waals surface area contributed by atoms with Crippen molar-refractivity contribution in [2.45, 2.75) is 33.0 Å². The van der Waals surface area contributed by atoms with Crippen molar-refractivity contribution in [1.29, 1.82) is 5.26 Å². The molecule has 0 aliphatic carbocycles. The number of cyclic esters (lactones) is 1. The molecule has 1 atom stereocenters. The first kappa shape index (κ1) is 20.3. The van der Waals surface area contributed by atoms with Gasteiger partial charge in [0.15, 0.2) is 0 Å². The molecule has 1 saturated heterocycles. The molecule has 3 aromatic rings. The number of nitriles is 1. The molecule has 2 aliphatic heterocycles. The molecule has 0 unspecified atom stereocenters. The SMILES string of the molecule is Cc1cc(-c2nnc(CN3CCN[C@H](c4ccc5c(c4C)COC5=O)C3)o2)ncc1C#N. The van der Waals surface area contributed by atoms with Crippen molar-refractivity contribution in [3.8, 4) is 17.7 Å². The number of carbonyl (C=O) groups excluding carboxylic acids is 1. The van der Waals surface area contributed by atoms with Crippen LogP contribution in [0.3, 0.4) is 0 Å². The van der Waals surface area contributed by atoms with Crippen LogP contribution in [0.5, 0.6) is 0 Å². The fraction of sp³-hybridized carbons (Fsp3) is 0.348. The Kier molecular flexibility index (Phi) is 5.17. The number of nitrogens with zero attached hydrogens (tertiary/aromatic N) is 5. The highest BCUT2D eigenvalue weighted by Gasteiger charge is 2.28. The molecule has 0 amide bonds.